The highest BCUT2D eigenvalue weighted by molar-refractivity contribution is 7.89. The first-order chi connectivity index (χ1) is 9.77. The van der Waals surface area contributed by atoms with Gasteiger partial charge in [-0.1, -0.05) is 0 Å². The molecule has 0 N–H and O–H groups in total. The van der Waals surface area contributed by atoms with Crippen LogP contribution in [0.1, 0.15) is 19.4 Å². The molecule has 4 nitrogen and oxygen atoms in total. The number of alkyl halides is 1. The second-order valence-electron chi connectivity index (χ2n) is 4.67. The van der Waals surface area contributed by atoms with E-state index in [1.807, 2.05) is 0 Å². The molecule has 0 aliphatic heterocycles. The van der Waals surface area contributed by atoms with Crippen molar-refractivity contribution in [2.75, 3.05) is 20.3 Å². The molecule has 0 amide bonds. The molecule has 120 valence electrons. The molecule has 0 bridgehead atoms. The number of benzene rings is 1. The van der Waals surface area contributed by atoms with Gasteiger partial charge in [-0.05, 0) is 26.0 Å². The quantitative estimate of drug-likeness (QED) is 0.716. The fourth-order valence-electron chi connectivity index (χ4n) is 1.86. The topological polar surface area (TPSA) is 46.6 Å². The Hall–Kier alpha value is -0.760. The van der Waals surface area contributed by atoms with Crippen LogP contribution in [0.5, 0.6) is 0 Å². The monoisotopic (exact) mass is 341 g/mol. The van der Waals surface area contributed by atoms with E-state index in [4.69, 9.17) is 16.3 Å². The molecule has 0 saturated heterocycles. The number of rotatable bonds is 7. The van der Waals surface area contributed by atoms with E-state index in [2.05, 4.69) is 0 Å². The number of hydrogen-bond donors (Lipinski definition) is 0. The molecule has 0 atom stereocenters. The Kier molecular flexibility index (Phi) is 6.52. The molecule has 1 aromatic carbocycles. The first-order valence-electron chi connectivity index (χ1n) is 6.31. The minimum atomic E-state index is -4.10. The summed E-state index contributed by atoms with van der Waals surface area (Å²) in [6.45, 7) is 3.57. The molecule has 0 aliphatic rings. The summed E-state index contributed by atoms with van der Waals surface area (Å²) in [7, 11) is -2.66. The third kappa shape index (κ3) is 3.91. The van der Waals surface area contributed by atoms with Crippen molar-refractivity contribution < 1.29 is 21.9 Å². The number of methoxy groups -OCH3 is 1. The molecular weight excluding hydrogens is 324 g/mol. The van der Waals surface area contributed by atoms with Crippen LogP contribution in [-0.2, 0) is 20.6 Å². The standard InChI is InChI=1S/C13H18ClF2NO3S/c1-9(2)17(6-7-20-3)21(18,19)12-5-4-11(15)10(8-14)13(12)16/h4-5,9H,6-8H2,1-3H3. The third-order valence-corrected chi connectivity index (χ3v) is 5.32. The number of ether oxygens (including phenoxy) is 1. The van der Waals surface area contributed by atoms with Gasteiger partial charge in [0.1, 0.15) is 10.7 Å². The summed E-state index contributed by atoms with van der Waals surface area (Å²) in [6.07, 6.45) is 0. The average molecular weight is 342 g/mol. The maximum absolute atomic E-state index is 14.2. The fraction of sp³-hybridized carbons (Fsp3) is 0.538. The lowest BCUT2D eigenvalue weighted by molar-refractivity contribution is 0.170. The normalized spacial score (nSPS) is 12.4. The van der Waals surface area contributed by atoms with Crippen molar-refractivity contribution in [3.05, 3.63) is 29.3 Å². The highest BCUT2D eigenvalue weighted by atomic mass is 35.5. The van der Waals surface area contributed by atoms with E-state index in [0.29, 0.717) is 0 Å². The second kappa shape index (κ2) is 7.49. The summed E-state index contributed by atoms with van der Waals surface area (Å²) in [5, 5.41) is 0. The Morgan fingerprint density at radius 3 is 2.43 bits per heavy atom. The van der Waals surface area contributed by atoms with Gasteiger partial charge >= 0.3 is 0 Å². The van der Waals surface area contributed by atoms with Crippen molar-refractivity contribution in [3.8, 4) is 0 Å². The lowest BCUT2D eigenvalue weighted by atomic mass is 10.2. The van der Waals surface area contributed by atoms with Crippen molar-refractivity contribution in [2.24, 2.45) is 0 Å². The van der Waals surface area contributed by atoms with Gasteiger partial charge in [-0.25, -0.2) is 17.2 Å². The van der Waals surface area contributed by atoms with Crippen LogP contribution >= 0.6 is 11.6 Å². The van der Waals surface area contributed by atoms with Crippen molar-refractivity contribution in [2.45, 2.75) is 30.7 Å². The molecule has 0 heterocycles. The number of sulfonamides is 1. The van der Waals surface area contributed by atoms with Crippen LogP contribution in [0.3, 0.4) is 0 Å². The maximum Gasteiger partial charge on any atom is 0.246 e. The van der Waals surface area contributed by atoms with E-state index in [1.165, 1.54) is 7.11 Å². The minimum Gasteiger partial charge on any atom is -0.383 e. The lowest BCUT2D eigenvalue weighted by Crippen LogP contribution is -2.39. The zero-order chi connectivity index (χ0) is 16.2. The molecule has 8 heteroatoms. The van der Waals surface area contributed by atoms with E-state index in [1.54, 1.807) is 13.8 Å². The summed E-state index contributed by atoms with van der Waals surface area (Å²) in [5.41, 5.74) is -0.451. The second-order valence-corrected chi connectivity index (χ2v) is 6.80. The van der Waals surface area contributed by atoms with Gasteiger partial charge in [0.25, 0.3) is 0 Å². The van der Waals surface area contributed by atoms with Crippen LogP contribution in [0.2, 0.25) is 0 Å². The zero-order valence-electron chi connectivity index (χ0n) is 12.1. The SMILES string of the molecule is COCCN(C(C)C)S(=O)(=O)c1ccc(F)c(CCl)c1F. The summed E-state index contributed by atoms with van der Waals surface area (Å²) >= 11 is 5.48. The summed E-state index contributed by atoms with van der Waals surface area (Å²) in [6, 6.07) is 1.43. The zero-order valence-corrected chi connectivity index (χ0v) is 13.6. The Labute approximate surface area is 128 Å². The first kappa shape index (κ1) is 18.3. The van der Waals surface area contributed by atoms with Crippen LogP contribution in [-0.4, -0.2) is 39.0 Å². The predicted octanol–water partition coefficient (Wildman–Crippen LogP) is 2.75. The lowest BCUT2D eigenvalue weighted by Gasteiger charge is -2.26. The van der Waals surface area contributed by atoms with Gasteiger partial charge in [-0.3, -0.25) is 0 Å². The van der Waals surface area contributed by atoms with Crippen molar-refractivity contribution >= 4 is 21.6 Å². The van der Waals surface area contributed by atoms with Crippen molar-refractivity contribution in [1.82, 2.24) is 4.31 Å². The molecule has 1 rings (SSSR count). The highest BCUT2D eigenvalue weighted by Crippen LogP contribution is 2.26. The molecule has 0 spiro atoms. The maximum atomic E-state index is 14.2. The average Bonchev–Trinajstić information content (AvgIpc) is 2.38. The van der Waals surface area contributed by atoms with E-state index in [-0.39, 0.29) is 13.2 Å². The van der Waals surface area contributed by atoms with Gasteiger partial charge in [0.05, 0.1) is 12.5 Å². The highest BCUT2D eigenvalue weighted by Gasteiger charge is 2.31. The van der Waals surface area contributed by atoms with E-state index in [9.17, 15) is 17.2 Å². The van der Waals surface area contributed by atoms with Crippen LogP contribution in [0.4, 0.5) is 8.78 Å². The van der Waals surface area contributed by atoms with Gasteiger partial charge < -0.3 is 4.74 Å². The molecule has 0 radical (unpaired) electrons. The van der Waals surface area contributed by atoms with Crippen LogP contribution in [0.25, 0.3) is 0 Å². The Morgan fingerprint density at radius 1 is 1.33 bits per heavy atom. The van der Waals surface area contributed by atoms with Gasteiger partial charge in [-0.15, -0.1) is 11.6 Å². The smallest absolute Gasteiger partial charge is 0.246 e. The largest absolute Gasteiger partial charge is 0.383 e. The fourth-order valence-corrected chi connectivity index (χ4v) is 3.82. The van der Waals surface area contributed by atoms with E-state index in [0.717, 1.165) is 16.4 Å². The number of halogens is 3. The first-order valence-corrected chi connectivity index (χ1v) is 8.28. The van der Waals surface area contributed by atoms with Gasteiger partial charge in [-0.2, -0.15) is 4.31 Å². The third-order valence-electron chi connectivity index (χ3n) is 2.96. The van der Waals surface area contributed by atoms with Crippen molar-refractivity contribution in [3.63, 3.8) is 0 Å². The molecule has 0 fully saturated rings. The summed E-state index contributed by atoms with van der Waals surface area (Å²) in [5.74, 6) is -2.46. The Morgan fingerprint density at radius 2 is 1.95 bits per heavy atom. The Balaban J connectivity index is 3.35. The molecule has 0 aliphatic carbocycles. The van der Waals surface area contributed by atoms with Gasteiger partial charge in [0.2, 0.25) is 10.0 Å². The van der Waals surface area contributed by atoms with E-state index < -0.39 is 44.0 Å². The molecule has 1 aromatic rings. The molecule has 0 saturated carbocycles. The van der Waals surface area contributed by atoms with Gasteiger partial charge in [0, 0.05) is 25.3 Å². The molecule has 21 heavy (non-hydrogen) atoms. The molecule has 0 unspecified atom stereocenters. The molecular formula is C13H18ClF2NO3S. The summed E-state index contributed by atoms with van der Waals surface area (Å²) < 4.78 is 58.7. The predicted molar refractivity (Wildman–Crippen MR) is 76.8 cm³/mol. The van der Waals surface area contributed by atoms with Gasteiger partial charge in [0.15, 0.2) is 5.82 Å². The minimum absolute atomic E-state index is 0.0729. The van der Waals surface area contributed by atoms with E-state index >= 15 is 0 Å². The van der Waals surface area contributed by atoms with Crippen LogP contribution < -0.4 is 0 Å². The number of hydrogen-bond acceptors (Lipinski definition) is 3. The summed E-state index contributed by atoms with van der Waals surface area (Å²) in [4.78, 5) is -0.579. The van der Waals surface area contributed by atoms with Crippen LogP contribution in [0.15, 0.2) is 17.0 Å². The van der Waals surface area contributed by atoms with Crippen molar-refractivity contribution in [1.29, 1.82) is 0 Å². The molecule has 0 aromatic heterocycles. The van der Waals surface area contributed by atoms with Crippen LogP contribution in [0, 0.1) is 11.6 Å². The number of nitrogens with zero attached hydrogens (tertiary/aromatic N) is 1. The Bertz CT molecular complexity index is 593.